The zero-order valence-corrected chi connectivity index (χ0v) is 14.4. The average Bonchev–Trinajstić information content (AvgIpc) is 2.58. The Kier molecular flexibility index (Phi) is 5.68. The van der Waals surface area contributed by atoms with Crippen LogP contribution in [0.5, 0.6) is 0 Å². The van der Waals surface area contributed by atoms with Gasteiger partial charge < -0.3 is 10.6 Å². The van der Waals surface area contributed by atoms with Gasteiger partial charge in [0, 0.05) is 11.9 Å². The molecule has 134 valence electrons. The van der Waals surface area contributed by atoms with E-state index >= 15 is 0 Å². The number of nitrogens with one attached hydrogen (secondary N) is 2. The van der Waals surface area contributed by atoms with E-state index in [-0.39, 0.29) is 5.57 Å². The van der Waals surface area contributed by atoms with Crippen LogP contribution in [0.15, 0.2) is 36.0 Å². The van der Waals surface area contributed by atoms with Crippen LogP contribution < -0.4 is 10.6 Å². The molecule has 26 heavy (non-hydrogen) atoms. The first-order valence-corrected chi connectivity index (χ1v) is 7.64. The molecule has 0 bridgehead atoms. The van der Waals surface area contributed by atoms with Crippen LogP contribution in [0, 0.1) is 49.6 Å². The van der Waals surface area contributed by atoms with Gasteiger partial charge in [-0.2, -0.15) is 5.26 Å². The second-order valence-electron chi connectivity index (χ2n) is 5.76. The van der Waals surface area contributed by atoms with E-state index < -0.39 is 29.0 Å². The Bertz CT molecular complexity index is 923. The molecule has 0 heterocycles. The fourth-order valence-electron chi connectivity index (χ4n) is 2.49. The van der Waals surface area contributed by atoms with Crippen LogP contribution >= 0.6 is 0 Å². The molecule has 7 heteroatoms. The third kappa shape index (κ3) is 4.03. The molecular weight excluding hydrogens is 343 g/mol. The summed E-state index contributed by atoms with van der Waals surface area (Å²) in [5, 5.41) is 14.1. The molecule has 2 aromatic carbocycles. The molecule has 0 aliphatic rings. The van der Waals surface area contributed by atoms with Crippen molar-refractivity contribution in [2.24, 2.45) is 0 Å². The molecule has 0 saturated heterocycles. The van der Waals surface area contributed by atoms with E-state index in [0.717, 1.165) is 35.0 Å². The Labute approximate surface area is 149 Å². The van der Waals surface area contributed by atoms with Gasteiger partial charge in [0.05, 0.1) is 5.69 Å². The summed E-state index contributed by atoms with van der Waals surface area (Å²) in [5.74, 6) is -5.12. The van der Waals surface area contributed by atoms with Gasteiger partial charge in [-0.15, -0.1) is 0 Å². The summed E-state index contributed by atoms with van der Waals surface area (Å²) in [5.41, 5.74) is 2.51. The number of hydrogen-bond donors (Lipinski definition) is 2. The van der Waals surface area contributed by atoms with E-state index in [2.05, 4.69) is 10.6 Å². The summed E-state index contributed by atoms with van der Waals surface area (Å²) in [4.78, 5) is 12.3. The molecule has 0 aliphatic heterocycles. The topological polar surface area (TPSA) is 64.9 Å². The minimum Gasteiger partial charge on any atom is -0.358 e. The van der Waals surface area contributed by atoms with Crippen LogP contribution in [-0.2, 0) is 4.79 Å². The number of hydrogen-bond acceptors (Lipinski definition) is 3. The van der Waals surface area contributed by atoms with E-state index in [0.29, 0.717) is 5.69 Å². The van der Waals surface area contributed by atoms with Crippen molar-refractivity contribution in [3.63, 3.8) is 0 Å². The van der Waals surface area contributed by atoms with E-state index in [1.165, 1.54) is 0 Å². The SMILES string of the molecule is Cc1cc(C)c(NC(=O)/C(C#N)=C\Nc2ccc(F)c(F)c2F)c(C)c1. The van der Waals surface area contributed by atoms with Crippen LogP contribution in [0.2, 0.25) is 0 Å². The summed E-state index contributed by atoms with van der Waals surface area (Å²) in [6.07, 6.45) is 0.934. The molecule has 0 aromatic heterocycles. The van der Waals surface area contributed by atoms with Crippen molar-refractivity contribution < 1.29 is 18.0 Å². The van der Waals surface area contributed by atoms with Crippen molar-refractivity contribution in [3.05, 3.63) is 70.2 Å². The lowest BCUT2D eigenvalue weighted by Gasteiger charge is -2.12. The summed E-state index contributed by atoms with van der Waals surface area (Å²) in [6, 6.07) is 7.15. The first-order valence-electron chi connectivity index (χ1n) is 7.64. The highest BCUT2D eigenvalue weighted by molar-refractivity contribution is 6.07. The Morgan fingerprint density at radius 2 is 1.69 bits per heavy atom. The Morgan fingerprint density at radius 3 is 2.27 bits per heavy atom. The minimum absolute atomic E-state index is 0.353. The molecule has 0 saturated carbocycles. The van der Waals surface area contributed by atoms with Crippen molar-refractivity contribution in [1.82, 2.24) is 0 Å². The lowest BCUT2D eigenvalue weighted by Crippen LogP contribution is -2.16. The molecule has 0 atom stereocenters. The molecule has 2 N–H and O–H groups in total. The second-order valence-corrected chi connectivity index (χ2v) is 5.76. The smallest absolute Gasteiger partial charge is 0.267 e. The first-order chi connectivity index (χ1) is 12.2. The van der Waals surface area contributed by atoms with Gasteiger partial charge >= 0.3 is 0 Å². The Morgan fingerprint density at radius 1 is 1.08 bits per heavy atom. The van der Waals surface area contributed by atoms with Gasteiger partial charge in [-0.3, -0.25) is 4.79 Å². The number of carbonyl (C=O) groups excluding carboxylic acids is 1. The maximum Gasteiger partial charge on any atom is 0.267 e. The van der Waals surface area contributed by atoms with Gasteiger partial charge in [0.25, 0.3) is 5.91 Å². The van der Waals surface area contributed by atoms with Crippen molar-refractivity contribution in [2.45, 2.75) is 20.8 Å². The molecule has 2 rings (SSSR count). The van der Waals surface area contributed by atoms with Crippen LogP contribution in [0.4, 0.5) is 24.5 Å². The lowest BCUT2D eigenvalue weighted by atomic mass is 10.0. The van der Waals surface area contributed by atoms with Crippen LogP contribution in [0.3, 0.4) is 0 Å². The molecule has 4 nitrogen and oxygen atoms in total. The average molecular weight is 359 g/mol. The molecule has 0 aliphatic carbocycles. The van der Waals surface area contributed by atoms with Gasteiger partial charge in [-0.05, 0) is 44.0 Å². The Hall–Kier alpha value is -3.27. The van der Waals surface area contributed by atoms with Crippen molar-refractivity contribution in [3.8, 4) is 6.07 Å². The fourth-order valence-corrected chi connectivity index (χ4v) is 2.49. The van der Waals surface area contributed by atoms with Crippen molar-refractivity contribution >= 4 is 17.3 Å². The highest BCUT2D eigenvalue weighted by Gasteiger charge is 2.15. The first kappa shape index (κ1) is 19.1. The van der Waals surface area contributed by atoms with Crippen molar-refractivity contribution in [2.75, 3.05) is 10.6 Å². The van der Waals surface area contributed by atoms with Crippen molar-refractivity contribution in [1.29, 1.82) is 5.26 Å². The quantitative estimate of drug-likeness (QED) is 0.480. The number of amides is 1. The summed E-state index contributed by atoms with van der Waals surface area (Å²) < 4.78 is 39.8. The van der Waals surface area contributed by atoms with Crippen LogP contribution in [0.25, 0.3) is 0 Å². The largest absolute Gasteiger partial charge is 0.358 e. The number of benzene rings is 2. The standard InChI is InChI=1S/C19H16F3N3O/c1-10-6-11(2)18(12(3)7-10)25-19(26)13(8-23)9-24-15-5-4-14(20)16(21)17(15)22/h4-7,9,24H,1-3H3,(H,25,26)/b13-9-. The monoisotopic (exact) mass is 359 g/mol. The zero-order valence-electron chi connectivity index (χ0n) is 14.4. The van der Waals surface area contributed by atoms with Gasteiger partial charge in [0.1, 0.15) is 11.6 Å². The van der Waals surface area contributed by atoms with Gasteiger partial charge in [-0.1, -0.05) is 17.7 Å². The van der Waals surface area contributed by atoms with Gasteiger partial charge in [0.15, 0.2) is 17.5 Å². The molecule has 1 amide bonds. The summed E-state index contributed by atoms with van der Waals surface area (Å²) in [7, 11) is 0. The van der Waals surface area contributed by atoms with E-state index in [9.17, 15) is 18.0 Å². The highest BCUT2D eigenvalue weighted by atomic mass is 19.2. The highest BCUT2D eigenvalue weighted by Crippen LogP contribution is 2.23. The molecule has 0 fully saturated rings. The van der Waals surface area contributed by atoms with E-state index in [4.69, 9.17) is 5.26 Å². The number of anilines is 2. The summed E-state index contributed by atoms with van der Waals surface area (Å²) in [6.45, 7) is 5.56. The third-order valence-corrected chi connectivity index (χ3v) is 3.69. The number of rotatable bonds is 4. The maximum absolute atomic E-state index is 13.6. The van der Waals surface area contributed by atoms with Crippen LogP contribution in [-0.4, -0.2) is 5.91 Å². The predicted octanol–water partition coefficient (Wildman–Crippen LogP) is 4.49. The fraction of sp³-hybridized carbons (Fsp3) is 0.158. The molecular formula is C19H16F3N3O. The maximum atomic E-state index is 13.6. The lowest BCUT2D eigenvalue weighted by molar-refractivity contribution is -0.112. The number of carbonyl (C=O) groups is 1. The van der Waals surface area contributed by atoms with Crippen LogP contribution in [0.1, 0.15) is 16.7 Å². The van der Waals surface area contributed by atoms with Gasteiger partial charge in [-0.25, -0.2) is 13.2 Å². The van der Waals surface area contributed by atoms with E-state index in [1.54, 1.807) is 6.07 Å². The molecule has 0 unspecified atom stereocenters. The molecule has 0 spiro atoms. The zero-order chi connectivity index (χ0) is 19.4. The summed E-state index contributed by atoms with van der Waals surface area (Å²) >= 11 is 0. The Balaban J connectivity index is 2.23. The second kappa shape index (κ2) is 7.74. The third-order valence-electron chi connectivity index (χ3n) is 3.69. The number of aryl methyl sites for hydroxylation is 3. The van der Waals surface area contributed by atoms with Gasteiger partial charge in [0.2, 0.25) is 0 Å². The van der Waals surface area contributed by atoms with E-state index in [1.807, 2.05) is 32.9 Å². The number of nitrogens with zero attached hydrogens (tertiary/aromatic N) is 1. The molecule has 2 aromatic rings. The number of nitriles is 1. The minimum atomic E-state index is -1.64. The predicted molar refractivity (Wildman–Crippen MR) is 92.9 cm³/mol. The molecule has 0 radical (unpaired) electrons. The number of halogens is 3. The normalized spacial score (nSPS) is 11.0.